The van der Waals surface area contributed by atoms with Gasteiger partial charge >= 0.3 is 5.97 Å². The minimum absolute atomic E-state index is 0.0727. The summed E-state index contributed by atoms with van der Waals surface area (Å²) < 4.78 is 14.1. The molecule has 1 heterocycles. The van der Waals surface area contributed by atoms with Gasteiger partial charge in [0.2, 0.25) is 5.91 Å². The molecule has 0 spiro atoms. The van der Waals surface area contributed by atoms with Gasteiger partial charge in [-0.15, -0.1) is 0 Å². The summed E-state index contributed by atoms with van der Waals surface area (Å²) in [6.07, 6.45) is 1.28. The Morgan fingerprint density at radius 2 is 2.15 bits per heavy atom. The molecule has 1 aliphatic heterocycles. The summed E-state index contributed by atoms with van der Waals surface area (Å²) in [4.78, 5) is 23.9. The average molecular weight is 280 g/mol. The molecule has 2 unspecified atom stereocenters. The number of carboxylic acids is 1. The average Bonchev–Trinajstić information content (AvgIpc) is 2.38. The number of nitrogens with zero attached hydrogens (tertiary/aromatic N) is 1. The second kappa shape index (κ2) is 5.48. The van der Waals surface area contributed by atoms with Gasteiger partial charge in [0.25, 0.3) is 0 Å². The van der Waals surface area contributed by atoms with E-state index in [1.54, 1.807) is 4.90 Å². The summed E-state index contributed by atoms with van der Waals surface area (Å²) in [6, 6.07) is 3.14. The summed E-state index contributed by atoms with van der Waals surface area (Å²) in [5, 5.41) is 9.28. The van der Waals surface area contributed by atoms with E-state index in [0.717, 1.165) is 12.5 Å². The van der Waals surface area contributed by atoms with E-state index in [1.165, 1.54) is 12.1 Å². The van der Waals surface area contributed by atoms with Gasteiger partial charge in [-0.05, 0) is 37.0 Å². The van der Waals surface area contributed by atoms with Gasteiger partial charge in [0.15, 0.2) is 0 Å². The van der Waals surface area contributed by atoms with E-state index in [2.05, 4.69) is 0 Å². The zero-order valence-electron chi connectivity index (χ0n) is 11.2. The van der Waals surface area contributed by atoms with Gasteiger partial charge in [-0.25, -0.2) is 9.18 Å². The number of hydrogen-bond acceptors (Lipinski definition) is 3. The second-order valence-electron chi connectivity index (χ2n) is 5.21. The van der Waals surface area contributed by atoms with Gasteiger partial charge in [0, 0.05) is 12.1 Å². The monoisotopic (exact) mass is 280 g/mol. The van der Waals surface area contributed by atoms with Crippen molar-refractivity contribution in [2.75, 3.05) is 11.4 Å². The van der Waals surface area contributed by atoms with Crippen LogP contribution in [-0.2, 0) is 4.79 Å². The van der Waals surface area contributed by atoms with E-state index < -0.39 is 23.7 Å². The molecule has 1 saturated heterocycles. The van der Waals surface area contributed by atoms with Crippen molar-refractivity contribution in [3.8, 4) is 0 Å². The third kappa shape index (κ3) is 2.74. The molecule has 6 heteroatoms. The summed E-state index contributed by atoms with van der Waals surface area (Å²) in [5.41, 5.74) is 5.37. The Hall–Kier alpha value is -2.11. The molecule has 0 aliphatic carbocycles. The lowest BCUT2D eigenvalue weighted by Crippen LogP contribution is -2.47. The Morgan fingerprint density at radius 3 is 2.70 bits per heavy atom. The van der Waals surface area contributed by atoms with Crippen LogP contribution in [0.5, 0.6) is 0 Å². The Bertz CT molecular complexity index is 547. The van der Waals surface area contributed by atoms with Crippen LogP contribution >= 0.6 is 0 Å². The summed E-state index contributed by atoms with van der Waals surface area (Å²) in [7, 11) is 0. The minimum Gasteiger partial charge on any atom is -0.480 e. The van der Waals surface area contributed by atoms with Gasteiger partial charge < -0.3 is 15.7 Å². The van der Waals surface area contributed by atoms with Crippen molar-refractivity contribution >= 4 is 17.6 Å². The lowest BCUT2D eigenvalue weighted by Gasteiger charge is -2.37. The van der Waals surface area contributed by atoms with Crippen LogP contribution in [0.25, 0.3) is 0 Å². The molecule has 1 amide bonds. The minimum atomic E-state index is -0.963. The molecule has 5 nitrogen and oxygen atoms in total. The number of carbonyl (C=O) groups excluding carboxylic acids is 1. The molecular formula is C14H17FN2O3. The van der Waals surface area contributed by atoms with Crippen LogP contribution in [0.15, 0.2) is 18.2 Å². The number of carbonyl (C=O) groups is 2. The molecule has 3 N–H and O–H groups in total. The maximum Gasteiger partial charge on any atom is 0.326 e. The van der Waals surface area contributed by atoms with Crippen molar-refractivity contribution < 1.29 is 19.1 Å². The molecule has 0 aromatic heterocycles. The van der Waals surface area contributed by atoms with Crippen molar-refractivity contribution in [3.05, 3.63) is 29.6 Å². The molecule has 1 aromatic carbocycles. The maximum atomic E-state index is 14.1. The maximum absolute atomic E-state index is 14.1. The summed E-state index contributed by atoms with van der Waals surface area (Å²) in [6.45, 7) is 2.46. The number of amides is 1. The number of piperidine rings is 1. The summed E-state index contributed by atoms with van der Waals surface area (Å²) in [5.74, 6) is -2.00. The SMILES string of the molecule is CC1CCN(c2ccc(C(N)=O)cc2F)C(C(=O)O)C1. The lowest BCUT2D eigenvalue weighted by atomic mass is 9.92. The third-order valence-electron chi connectivity index (χ3n) is 3.69. The first-order chi connectivity index (χ1) is 9.40. The van der Waals surface area contributed by atoms with E-state index in [0.29, 0.717) is 18.9 Å². The Kier molecular flexibility index (Phi) is 3.92. The van der Waals surface area contributed by atoms with Crippen LogP contribution in [0.1, 0.15) is 30.1 Å². The van der Waals surface area contributed by atoms with E-state index >= 15 is 0 Å². The highest BCUT2D eigenvalue weighted by Gasteiger charge is 2.33. The fourth-order valence-corrected chi connectivity index (χ4v) is 2.56. The van der Waals surface area contributed by atoms with Crippen LogP contribution < -0.4 is 10.6 Å². The molecule has 20 heavy (non-hydrogen) atoms. The topological polar surface area (TPSA) is 83.6 Å². The Balaban J connectivity index is 2.34. The van der Waals surface area contributed by atoms with Gasteiger partial charge in [-0.1, -0.05) is 6.92 Å². The van der Waals surface area contributed by atoms with Gasteiger partial charge in [0.1, 0.15) is 11.9 Å². The first-order valence-electron chi connectivity index (χ1n) is 6.49. The van der Waals surface area contributed by atoms with Crippen LogP contribution in [0, 0.1) is 11.7 Å². The van der Waals surface area contributed by atoms with Crippen molar-refractivity contribution in [2.24, 2.45) is 11.7 Å². The standard InChI is InChI=1S/C14H17FN2O3/c1-8-4-5-17(12(6-8)14(19)20)11-3-2-9(13(16)18)7-10(11)15/h2-3,7-8,12H,4-6H2,1H3,(H2,16,18)(H,19,20). The molecule has 1 aliphatic rings. The van der Waals surface area contributed by atoms with E-state index in [4.69, 9.17) is 5.73 Å². The fourth-order valence-electron chi connectivity index (χ4n) is 2.56. The molecule has 0 radical (unpaired) electrons. The van der Waals surface area contributed by atoms with Crippen molar-refractivity contribution in [1.82, 2.24) is 0 Å². The molecule has 2 atom stereocenters. The zero-order chi connectivity index (χ0) is 14.9. The zero-order valence-corrected chi connectivity index (χ0v) is 11.2. The molecular weight excluding hydrogens is 263 g/mol. The molecule has 0 bridgehead atoms. The molecule has 1 fully saturated rings. The Morgan fingerprint density at radius 1 is 1.45 bits per heavy atom. The predicted octanol–water partition coefficient (Wildman–Crippen LogP) is 1.61. The molecule has 0 saturated carbocycles. The molecule has 108 valence electrons. The number of benzene rings is 1. The highest BCUT2D eigenvalue weighted by atomic mass is 19.1. The number of carboxylic acid groups (broad SMARTS) is 1. The van der Waals surface area contributed by atoms with Gasteiger partial charge in [-0.3, -0.25) is 4.79 Å². The number of primary amides is 1. The van der Waals surface area contributed by atoms with Crippen molar-refractivity contribution in [1.29, 1.82) is 0 Å². The third-order valence-corrected chi connectivity index (χ3v) is 3.69. The smallest absolute Gasteiger partial charge is 0.326 e. The second-order valence-corrected chi connectivity index (χ2v) is 5.21. The van der Waals surface area contributed by atoms with Crippen molar-refractivity contribution in [3.63, 3.8) is 0 Å². The highest BCUT2D eigenvalue weighted by molar-refractivity contribution is 5.93. The normalized spacial score (nSPS) is 22.6. The van der Waals surface area contributed by atoms with E-state index in [1.807, 2.05) is 6.92 Å². The van der Waals surface area contributed by atoms with Gasteiger partial charge in [0.05, 0.1) is 5.69 Å². The molecule has 1 aromatic rings. The number of rotatable bonds is 3. The number of hydrogen-bond donors (Lipinski definition) is 2. The highest BCUT2D eigenvalue weighted by Crippen LogP contribution is 2.30. The summed E-state index contributed by atoms with van der Waals surface area (Å²) >= 11 is 0. The largest absolute Gasteiger partial charge is 0.480 e. The first kappa shape index (κ1) is 14.3. The number of aliphatic carboxylic acids is 1. The lowest BCUT2D eigenvalue weighted by molar-refractivity contribution is -0.139. The van der Waals surface area contributed by atoms with Crippen LogP contribution in [-0.4, -0.2) is 29.6 Å². The van der Waals surface area contributed by atoms with Crippen molar-refractivity contribution in [2.45, 2.75) is 25.8 Å². The first-order valence-corrected chi connectivity index (χ1v) is 6.49. The van der Waals surface area contributed by atoms with Crippen LogP contribution in [0.2, 0.25) is 0 Å². The van der Waals surface area contributed by atoms with E-state index in [-0.39, 0.29) is 11.3 Å². The number of nitrogens with two attached hydrogens (primary N) is 1. The van der Waals surface area contributed by atoms with Crippen LogP contribution in [0.4, 0.5) is 10.1 Å². The number of anilines is 1. The fraction of sp³-hybridized carbons (Fsp3) is 0.429. The van der Waals surface area contributed by atoms with Crippen LogP contribution in [0.3, 0.4) is 0 Å². The predicted molar refractivity (Wildman–Crippen MR) is 72.1 cm³/mol. The quantitative estimate of drug-likeness (QED) is 0.881. The molecule has 2 rings (SSSR count). The van der Waals surface area contributed by atoms with E-state index in [9.17, 15) is 19.1 Å². The van der Waals surface area contributed by atoms with Gasteiger partial charge in [-0.2, -0.15) is 0 Å². The Labute approximate surface area is 116 Å². The number of halogens is 1.